The third-order valence-electron chi connectivity index (χ3n) is 2.57. The Balaban J connectivity index is 2.15. The van der Waals surface area contributed by atoms with E-state index in [1.165, 1.54) is 18.4 Å². The van der Waals surface area contributed by atoms with Crippen molar-refractivity contribution in [1.29, 1.82) is 5.26 Å². The summed E-state index contributed by atoms with van der Waals surface area (Å²) in [5, 5.41) is 13.6. The van der Waals surface area contributed by atoms with Crippen molar-refractivity contribution >= 4 is 33.6 Å². The SMILES string of the molecule is COc1c(NCc2ccc(Cl)cc2)sc(C#N)c1N. The van der Waals surface area contributed by atoms with Crippen molar-refractivity contribution in [2.24, 2.45) is 0 Å². The number of hydrogen-bond acceptors (Lipinski definition) is 5. The smallest absolute Gasteiger partial charge is 0.177 e. The van der Waals surface area contributed by atoms with E-state index in [9.17, 15) is 0 Å². The highest BCUT2D eigenvalue weighted by molar-refractivity contribution is 7.17. The van der Waals surface area contributed by atoms with E-state index >= 15 is 0 Å². The van der Waals surface area contributed by atoms with Crippen LogP contribution in [-0.2, 0) is 6.54 Å². The monoisotopic (exact) mass is 293 g/mol. The number of nitrogens with two attached hydrogens (primary N) is 1. The van der Waals surface area contributed by atoms with E-state index in [-0.39, 0.29) is 0 Å². The van der Waals surface area contributed by atoms with Crippen molar-refractivity contribution < 1.29 is 4.74 Å². The average molecular weight is 294 g/mol. The zero-order chi connectivity index (χ0) is 13.8. The van der Waals surface area contributed by atoms with Gasteiger partial charge in [0, 0.05) is 11.6 Å². The topological polar surface area (TPSA) is 71.1 Å². The van der Waals surface area contributed by atoms with Crippen LogP contribution in [0.3, 0.4) is 0 Å². The standard InChI is InChI=1S/C13H12ClN3OS/c1-18-12-11(16)10(6-15)19-13(12)17-7-8-2-4-9(14)5-3-8/h2-5,17H,7,16H2,1H3. The van der Waals surface area contributed by atoms with Gasteiger partial charge in [0.1, 0.15) is 21.6 Å². The number of anilines is 2. The minimum absolute atomic E-state index is 0.383. The van der Waals surface area contributed by atoms with Crippen molar-refractivity contribution in [2.75, 3.05) is 18.2 Å². The number of nitriles is 1. The molecule has 0 saturated carbocycles. The molecule has 1 aromatic heterocycles. The van der Waals surface area contributed by atoms with Crippen molar-refractivity contribution in [1.82, 2.24) is 0 Å². The number of thiophene rings is 1. The summed E-state index contributed by atoms with van der Waals surface area (Å²) >= 11 is 7.11. The van der Waals surface area contributed by atoms with Crippen LogP contribution in [-0.4, -0.2) is 7.11 Å². The number of nitrogen functional groups attached to an aromatic ring is 1. The molecule has 1 heterocycles. The summed E-state index contributed by atoms with van der Waals surface area (Å²) in [6.07, 6.45) is 0. The third-order valence-corrected chi connectivity index (χ3v) is 3.87. The molecule has 0 aliphatic rings. The summed E-state index contributed by atoms with van der Waals surface area (Å²) in [7, 11) is 1.53. The first-order chi connectivity index (χ1) is 9.15. The first kappa shape index (κ1) is 13.5. The molecule has 19 heavy (non-hydrogen) atoms. The van der Waals surface area contributed by atoms with Gasteiger partial charge >= 0.3 is 0 Å². The number of benzene rings is 1. The molecule has 0 bridgehead atoms. The van der Waals surface area contributed by atoms with E-state index in [1.807, 2.05) is 24.3 Å². The van der Waals surface area contributed by atoms with Crippen molar-refractivity contribution in [3.63, 3.8) is 0 Å². The quantitative estimate of drug-likeness (QED) is 0.905. The van der Waals surface area contributed by atoms with Gasteiger partial charge in [0.15, 0.2) is 5.75 Å². The van der Waals surface area contributed by atoms with Gasteiger partial charge in [-0.3, -0.25) is 0 Å². The maximum absolute atomic E-state index is 8.95. The summed E-state index contributed by atoms with van der Waals surface area (Å²) in [6, 6.07) is 9.59. The van der Waals surface area contributed by atoms with Crippen LogP contribution >= 0.6 is 22.9 Å². The van der Waals surface area contributed by atoms with Crippen LogP contribution < -0.4 is 15.8 Å². The van der Waals surface area contributed by atoms with Crippen LogP contribution in [0.2, 0.25) is 5.02 Å². The van der Waals surface area contributed by atoms with Gasteiger partial charge in [0.25, 0.3) is 0 Å². The van der Waals surface area contributed by atoms with E-state index in [0.29, 0.717) is 27.9 Å². The van der Waals surface area contributed by atoms with Gasteiger partial charge in [-0.2, -0.15) is 5.26 Å². The largest absolute Gasteiger partial charge is 0.492 e. The molecule has 98 valence electrons. The molecule has 0 spiro atoms. The first-order valence-corrected chi connectivity index (χ1v) is 6.69. The zero-order valence-corrected chi connectivity index (χ0v) is 11.8. The summed E-state index contributed by atoms with van der Waals surface area (Å²) in [5.41, 5.74) is 7.28. The Hall–Kier alpha value is -1.90. The van der Waals surface area contributed by atoms with E-state index in [1.54, 1.807) is 0 Å². The van der Waals surface area contributed by atoms with Crippen LogP contribution in [0.4, 0.5) is 10.7 Å². The van der Waals surface area contributed by atoms with Gasteiger partial charge in [-0.25, -0.2) is 0 Å². The van der Waals surface area contributed by atoms with Crippen molar-refractivity contribution in [2.45, 2.75) is 6.54 Å². The van der Waals surface area contributed by atoms with Gasteiger partial charge in [0.05, 0.1) is 7.11 Å². The molecule has 0 atom stereocenters. The Morgan fingerprint density at radius 2 is 2.11 bits per heavy atom. The van der Waals surface area contributed by atoms with Crippen molar-refractivity contribution in [3.8, 4) is 11.8 Å². The number of ether oxygens (including phenoxy) is 1. The van der Waals surface area contributed by atoms with Gasteiger partial charge in [0.2, 0.25) is 0 Å². The summed E-state index contributed by atoms with van der Waals surface area (Å²) < 4.78 is 5.22. The normalized spacial score (nSPS) is 9.95. The Morgan fingerprint density at radius 1 is 1.42 bits per heavy atom. The molecular weight excluding hydrogens is 282 g/mol. The number of nitrogens with zero attached hydrogens (tertiary/aromatic N) is 1. The second-order valence-electron chi connectivity index (χ2n) is 3.80. The van der Waals surface area contributed by atoms with E-state index in [2.05, 4.69) is 11.4 Å². The number of methoxy groups -OCH3 is 1. The van der Waals surface area contributed by atoms with Crippen molar-refractivity contribution in [3.05, 3.63) is 39.7 Å². The zero-order valence-electron chi connectivity index (χ0n) is 10.2. The van der Waals surface area contributed by atoms with Crippen LogP contribution in [0.25, 0.3) is 0 Å². The number of rotatable bonds is 4. The maximum Gasteiger partial charge on any atom is 0.177 e. The van der Waals surface area contributed by atoms with Crippen LogP contribution in [0.5, 0.6) is 5.75 Å². The molecule has 0 unspecified atom stereocenters. The lowest BCUT2D eigenvalue weighted by Crippen LogP contribution is -1.99. The second kappa shape index (κ2) is 5.83. The van der Waals surface area contributed by atoms with Crippen LogP contribution in [0.1, 0.15) is 10.4 Å². The molecule has 0 aliphatic carbocycles. The first-order valence-electron chi connectivity index (χ1n) is 5.50. The molecule has 0 saturated heterocycles. The minimum atomic E-state index is 0.383. The lowest BCUT2D eigenvalue weighted by Gasteiger charge is -2.07. The Labute approximate surface area is 120 Å². The fourth-order valence-electron chi connectivity index (χ4n) is 1.62. The number of halogens is 1. The molecule has 0 radical (unpaired) electrons. The molecule has 0 aliphatic heterocycles. The second-order valence-corrected chi connectivity index (χ2v) is 5.26. The van der Waals surface area contributed by atoms with E-state index in [0.717, 1.165) is 10.6 Å². The molecule has 2 rings (SSSR count). The molecule has 0 amide bonds. The lowest BCUT2D eigenvalue weighted by molar-refractivity contribution is 0.420. The molecule has 3 N–H and O–H groups in total. The minimum Gasteiger partial charge on any atom is -0.492 e. The Kier molecular flexibility index (Phi) is 4.15. The molecule has 2 aromatic rings. The van der Waals surface area contributed by atoms with Crippen LogP contribution in [0, 0.1) is 11.3 Å². The van der Waals surface area contributed by atoms with E-state index < -0.39 is 0 Å². The highest BCUT2D eigenvalue weighted by Gasteiger charge is 2.16. The van der Waals surface area contributed by atoms with Gasteiger partial charge in [-0.15, -0.1) is 11.3 Å². The highest BCUT2D eigenvalue weighted by atomic mass is 35.5. The molecule has 0 fully saturated rings. The van der Waals surface area contributed by atoms with Gasteiger partial charge < -0.3 is 15.8 Å². The average Bonchev–Trinajstić information content (AvgIpc) is 2.73. The summed E-state index contributed by atoms with van der Waals surface area (Å²) in [4.78, 5) is 0.454. The number of nitrogens with one attached hydrogen (secondary N) is 1. The third kappa shape index (κ3) is 2.92. The van der Waals surface area contributed by atoms with Gasteiger partial charge in [-0.1, -0.05) is 23.7 Å². The predicted molar refractivity (Wildman–Crippen MR) is 78.8 cm³/mol. The van der Waals surface area contributed by atoms with E-state index in [4.69, 9.17) is 27.3 Å². The summed E-state index contributed by atoms with van der Waals surface area (Å²) in [6.45, 7) is 0.609. The van der Waals surface area contributed by atoms with Gasteiger partial charge in [-0.05, 0) is 17.7 Å². The molecule has 4 nitrogen and oxygen atoms in total. The fraction of sp³-hybridized carbons (Fsp3) is 0.154. The molecule has 6 heteroatoms. The maximum atomic E-state index is 8.95. The number of hydrogen-bond donors (Lipinski definition) is 2. The highest BCUT2D eigenvalue weighted by Crippen LogP contribution is 2.42. The summed E-state index contributed by atoms with van der Waals surface area (Å²) in [5.74, 6) is 0.524. The lowest BCUT2D eigenvalue weighted by atomic mass is 10.2. The fourth-order valence-corrected chi connectivity index (χ4v) is 2.62. The predicted octanol–water partition coefficient (Wildman–Crippen LogP) is 3.48. The van der Waals surface area contributed by atoms with Crippen LogP contribution in [0.15, 0.2) is 24.3 Å². The molecular formula is C13H12ClN3OS. The Bertz CT molecular complexity index is 616. The molecule has 1 aromatic carbocycles. The Morgan fingerprint density at radius 3 is 2.68 bits per heavy atom.